The molecule has 9 heteroatoms. The second-order valence-corrected chi connectivity index (χ2v) is 9.26. The van der Waals surface area contributed by atoms with Gasteiger partial charge in [-0.2, -0.15) is 5.10 Å². The molecule has 3 aromatic rings. The van der Waals surface area contributed by atoms with Crippen LogP contribution in [0.1, 0.15) is 57.6 Å². The number of pyridine rings is 1. The van der Waals surface area contributed by atoms with Crippen molar-refractivity contribution in [3.8, 4) is 0 Å². The summed E-state index contributed by atoms with van der Waals surface area (Å²) >= 11 is 0. The third-order valence-electron chi connectivity index (χ3n) is 6.47. The van der Waals surface area contributed by atoms with E-state index in [-0.39, 0.29) is 36.4 Å². The van der Waals surface area contributed by atoms with Crippen LogP contribution in [0.2, 0.25) is 0 Å². The Bertz CT molecular complexity index is 1240. The van der Waals surface area contributed by atoms with Gasteiger partial charge in [-0.1, -0.05) is 35.9 Å². The molecule has 0 saturated carbocycles. The summed E-state index contributed by atoms with van der Waals surface area (Å²) < 4.78 is 1.64. The van der Waals surface area contributed by atoms with Gasteiger partial charge < -0.3 is 15.1 Å². The number of benzene rings is 1. The van der Waals surface area contributed by atoms with E-state index in [2.05, 4.69) is 21.5 Å². The summed E-state index contributed by atoms with van der Waals surface area (Å²) in [5.74, 6) is -0.520. The van der Waals surface area contributed by atoms with Gasteiger partial charge in [0.1, 0.15) is 5.69 Å². The van der Waals surface area contributed by atoms with Crippen LogP contribution in [-0.2, 0) is 24.3 Å². The number of nitrogens with one attached hydrogen (secondary N) is 1. The van der Waals surface area contributed by atoms with Crippen molar-refractivity contribution in [2.24, 2.45) is 0 Å². The van der Waals surface area contributed by atoms with Crippen LogP contribution in [0.5, 0.6) is 0 Å². The van der Waals surface area contributed by atoms with Crippen molar-refractivity contribution >= 4 is 17.7 Å². The van der Waals surface area contributed by atoms with Crippen LogP contribution in [0.4, 0.5) is 0 Å². The van der Waals surface area contributed by atoms with Gasteiger partial charge in [-0.3, -0.25) is 24.0 Å². The molecule has 0 bridgehead atoms. The Balaban J connectivity index is 1.34. The molecule has 0 saturated heterocycles. The molecule has 0 spiro atoms. The fourth-order valence-corrected chi connectivity index (χ4v) is 4.49. The Labute approximate surface area is 217 Å². The number of aryl methyl sites for hydroxylation is 2. The van der Waals surface area contributed by atoms with E-state index in [4.69, 9.17) is 0 Å². The molecule has 0 aliphatic carbocycles. The maximum absolute atomic E-state index is 13.3. The quantitative estimate of drug-likeness (QED) is 0.460. The number of rotatable bonds is 10. The van der Waals surface area contributed by atoms with Crippen LogP contribution < -0.4 is 5.32 Å². The number of hydrogen-bond donors (Lipinski definition) is 1. The number of carbonyl (C=O) groups is 3. The third kappa shape index (κ3) is 6.81. The maximum Gasteiger partial charge on any atom is 0.274 e. The first-order valence-electron chi connectivity index (χ1n) is 12.8. The molecule has 4 rings (SSSR count). The van der Waals surface area contributed by atoms with E-state index in [1.807, 2.05) is 55.1 Å². The molecule has 1 aromatic carbocycles. The molecule has 0 unspecified atom stereocenters. The highest BCUT2D eigenvalue weighted by atomic mass is 16.2. The summed E-state index contributed by atoms with van der Waals surface area (Å²) in [6, 6.07) is 15.4. The lowest BCUT2D eigenvalue weighted by Crippen LogP contribution is -2.36. The lowest BCUT2D eigenvalue weighted by molar-refractivity contribution is -0.121. The monoisotopic (exact) mass is 502 g/mol. The summed E-state index contributed by atoms with van der Waals surface area (Å²) in [6.07, 6.45) is 3.33. The van der Waals surface area contributed by atoms with Crippen molar-refractivity contribution in [2.45, 2.75) is 46.2 Å². The summed E-state index contributed by atoms with van der Waals surface area (Å²) in [4.78, 5) is 46.5. The predicted octanol–water partition coefficient (Wildman–Crippen LogP) is 2.84. The fraction of sp³-hybridized carbons (Fsp3) is 0.393. The molecule has 0 radical (unpaired) electrons. The molecule has 0 fully saturated rings. The Kier molecular flexibility index (Phi) is 8.66. The van der Waals surface area contributed by atoms with Crippen molar-refractivity contribution in [3.05, 3.63) is 82.9 Å². The molecule has 1 aliphatic rings. The highest BCUT2D eigenvalue weighted by Crippen LogP contribution is 2.18. The van der Waals surface area contributed by atoms with E-state index >= 15 is 0 Å². The number of hydrogen-bond acceptors (Lipinski definition) is 5. The van der Waals surface area contributed by atoms with Crippen LogP contribution in [-0.4, -0.2) is 68.5 Å². The molecule has 37 heavy (non-hydrogen) atoms. The molecule has 3 amide bonds. The van der Waals surface area contributed by atoms with Crippen LogP contribution in [0.3, 0.4) is 0 Å². The Morgan fingerprint density at radius 1 is 1.11 bits per heavy atom. The van der Waals surface area contributed by atoms with Crippen LogP contribution in [0.15, 0.2) is 54.7 Å². The van der Waals surface area contributed by atoms with Crippen molar-refractivity contribution < 1.29 is 14.4 Å². The first kappa shape index (κ1) is 26.1. The average molecular weight is 503 g/mol. The van der Waals surface area contributed by atoms with Crippen LogP contribution >= 0.6 is 0 Å². The van der Waals surface area contributed by atoms with Gasteiger partial charge in [-0.15, -0.1) is 0 Å². The lowest BCUT2D eigenvalue weighted by atomic mass is 10.1. The molecule has 3 heterocycles. The number of fused-ring (bicyclic) bond motifs is 1. The Hall–Kier alpha value is -4.01. The predicted molar refractivity (Wildman–Crippen MR) is 140 cm³/mol. The van der Waals surface area contributed by atoms with Crippen LogP contribution in [0, 0.1) is 6.92 Å². The molecule has 194 valence electrons. The van der Waals surface area contributed by atoms with Crippen molar-refractivity contribution in [2.75, 3.05) is 26.2 Å². The van der Waals surface area contributed by atoms with Gasteiger partial charge in [0.05, 0.1) is 0 Å². The van der Waals surface area contributed by atoms with Gasteiger partial charge in [0.2, 0.25) is 5.91 Å². The third-order valence-corrected chi connectivity index (χ3v) is 6.47. The van der Waals surface area contributed by atoms with E-state index in [1.54, 1.807) is 21.8 Å². The maximum atomic E-state index is 13.3. The lowest BCUT2D eigenvalue weighted by Gasteiger charge is -2.20. The molecular weight excluding hydrogens is 468 g/mol. The van der Waals surface area contributed by atoms with E-state index < -0.39 is 0 Å². The Morgan fingerprint density at radius 3 is 2.73 bits per heavy atom. The summed E-state index contributed by atoms with van der Waals surface area (Å²) in [6.45, 7) is 6.84. The zero-order valence-electron chi connectivity index (χ0n) is 21.5. The van der Waals surface area contributed by atoms with E-state index in [0.717, 1.165) is 23.2 Å². The zero-order valence-corrected chi connectivity index (χ0v) is 21.5. The van der Waals surface area contributed by atoms with E-state index in [1.165, 1.54) is 0 Å². The average Bonchev–Trinajstić information content (AvgIpc) is 3.27. The van der Waals surface area contributed by atoms with E-state index in [9.17, 15) is 14.4 Å². The van der Waals surface area contributed by atoms with Gasteiger partial charge >= 0.3 is 0 Å². The number of amides is 3. The van der Waals surface area contributed by atoms with Gasteiger partial charge in [0.25, 0.3) is 11.8 Å². The molecular formula is C28H34N6O3. The van der Waals surface area contributed by atoms with Gasteiger partial charge in [-0.05, 0) is 38.0 Å². The minimum absolute atomic E-state index is 0.121. The number of aromatic nitrogens is 3. The Morgan fingerprint density at radius 2 is 1.97 bits per heavy atom. The largest absolute Gasteiger partial charge is 0.356 e. The summed E-state index contributed by atoms with van der Waals surface area (Å²) in [5.41, 5.74) is 3.81. The standard InChI is InChI=1S/C28H34N6O3/c1-3-32(17-12-26(35)30-14-11-23-10-4-5-13-29-23)27(36)24-19-25-28(37)33(15-7-16-34(25)31-24)20-22-9-6-8-21(2)18-22/h4-6,8-10,13,18-19H,3,7,11-12,14-17,20H2,1-2H3,(H,30,35). The topological polar surface area (TPSA) is 100 Å². The highest BCUT2D eigenvalue weighted by Gasteiger charge is 2.28. The summed E-state index contributed by atoms with van der Waals surface area (Å²) in [7, 11) is 0. The van der Waals surface area contributed by atoms with Crippen molar-refractivity contribution in [3.63, 3.8) is 0 Å². The fourth-order valence-electron chi connectivity index (χ4n) is 4.49. The minimum atomic E-state index is -0.276. The van der Waals surface area contributed by atoms with Crippen LogP contribution in [0.25, 0.3) is 0 Å². The highest BCUT2D eigenvalue weighted by molar-refractivity contribution is 5.98. The first-order chi connectivity index (χ1) is 17.9. The first-order valence-corrected chi connectivity index (χ1v) is 12.8. The molecule has 2 aromatic heterocycles. The summed E-state index contributed by atoms with van der Waals surface area (Å²) in [5, 5.41) is 7.35. The number of nitrogens with zero attached hydrogens (tertiary/aromatic N) is 5. The normalized spacial score (nSPS) is 13.1. The minimum Gasteiger partial charge on any atom is -0.356 e. The molecule has 1 N–H and O–H groups in total. The molecule has 0 atom stereocenters. The molecule has 9 nitrogen and oxygen atoms in total. The van der Waals surface area contributed by atoms with Crippen molar-refractivity contribution in [1.82, 2.24) is 29.9 Å². The second-order valence-electron chi connectivity index (χ2n) is 9.26. The molecule has 1 aliphatic heterocycles. The second kappa shape index (κ2) is 12.3. The zero-order chi connectivity index (χ0) is 26.2. The van der Waals surface area contributed by atoms with Gasteiger partial charge in [-0.25, -0.2) is 0 Å². The van der Waals surface area contributed by atoms with E-state index in [0.29, 0.717) is 44.8 Å². The van der Waals surface area contributed by atoms with Gasteiger partial charge in [0.15, 0.2) is 5.69 Å². The SMILES string of the molecule is CCN(CCC(=O)NCCc1ccccn1)C(=O)c1cc2n(n1)CCCN(Cc1cccc(C)c1)C2=O. The smallest absolute Gasteiger partial charge is 0.274 e. The van der Waals surface area contributed by atoms with Crippen molar-refractivity contribution in [1.29, 1.82) is 0 Å². The number of carbonyl (C=O) groups excluding carboxylic acids is 3. The van der Waals surface area contributed by atoms with Gasteiger partial charge in [0, 0.05) is 70.1 Å².